The van der Waals surface area contributed by atoms with Crippen LogP contribution in [0.2, 0.25) is 0 Å². The Hall–Kier alpha value is -2.73. The number of non-ortho nitro benzene ring substituents is 1. The van der Waals surface area contributed by atoms with Crippen LogP contribution in [0.4, 0.5) is 11.4 Å². The van der Waals surface area contributed by atoms with E-state index in [4.69, 9.17) is 5.11 Å². The molecule has 2 aromatic rings. The van der Waals surface area contributed by atoms with Crippen LogP contribution in [-0.4, -0.2) is 15.9 Å². The number of benzene rings is 2. The number of nitrogens with one attached hydrogen (secondary N) is 1. The average Bonchev–Trinajstić information content (AvgIpc) is 2.49. The normalized spacial score (nSPS) is 10.2. The van der Waals surface area contributed by atoms with Crippen molar-refractivity contribution in [3.8, 4) is 0 Å². The molecule has 0 heterocycles. The molecule has 21 heavy (non-hydrogen) atoms. The Morgan fingerprint density at radius 2 is 1.90 bits per heavy atom. The van der Waals surface area contributed by atoms with Crippen LogP contribution in [0.3, 0.4) is 0 Å². The van der Waals surface area contributed by atoms with Gasteiger partial charge in [-0.1, -0.05) is 12.1 Å². The molecule has 0 aliphatic heterocycles. The van der Waals surface area contributed by atoms with Crippen molar-refractivity contribution in [2.75, 3.05) is 5.32 Å². The monoisotopic (exact) mass is 286 g/mol. The molecule has 0 spiro atoms. The van der Waals surface area contributed by atoms with Gasteiger partial charge >= 0.3 is 0 Å². The van der Waals surface area contributed by atoms with E-state index in [-0.39, 0.29) is 18.2 Å². The smallest absolute Gasteiger partial charge is 0.269 e. The van der Waals surface area contributed by atoms with E-state index in [0.29, 0.717) is 16.8 Å². The Kier molecular flexibility index (Phi) is 4.30. The van der Waals surface area contributed by atoms with Crippen molar-refractivity contribution < 1.29 is 14.8 Å². The fraction of sp³-hybridized carbons (Fsp3) is 0.133. The van der Waals surface area contributed by atoms with Crippen LogP contribution in [0.1, 0.15) is 21.5 Å². The first-order chi connectivity index (χ1) is 10.0. The molecule has 0 aromatic heterocycles. The molecule has 2 rings (SSSR count). The quantitative estimate of drug-likeness (QED) is 0.667. The van der Waals surface area contributed by atoms with Gasteiger partial charge in [-0.15, -0.1) is 0 Å². The number of aliphatic hydroxyl groups is 1. The minimum absolute atomic E-state index is 0.0648. The summed E-state index contributed by atoms with van der Waals surface area (Å²) in [6.07, 6.45) is 0. The first kappa shape index (κ1) is 14.7. The molecular formula is C15H14N2O4. The van der Waals surface area contributed by atoms with E-state index in [0.717, 1.165) is 5.56 Å². The Morgan fingerprint density at radius 3 is 2.48 bits per heavy atom. The SMILES string of the molecule is Cc1ccc(CO)cc1NC(=O)c1ccc([N+](=O)[O-])cc1. The maximum Gasteiger partial charge on any atom is 0.269 e. The highest BCUT2D eigenvalue weighted by atomic mass is 16.6. The summed E-state index contributed by atoms with van der Waals surface area (Å²) >= 11 is 0. The summed E-state index contributed by atoms with van der Waals surface area (Å²) in [6.45, 7) is 1.73. The standard InChI is InChI=1S/C15H14N2O4/c1-10-2-3-11(9-18)8-14(10)16-15(19)12-4-6-13(7-5-12)17(20)21/h2-8,18H,9H2,1H3,(H,16,19). The van der Waals surface area contributed by atoms with Gasteiger partial charge in [0.15, 0.2) is 0 Å². The molecule has 0 atom stereocenters. The van der Waals surface area contributed by atoms with E-state index >= 15 is 0 Å². The van der Waals surface area contributed by atoms with Gasteiger partial charge < -0.3 is 10.4 Å². The second-order valence-corrected chi connectivity index (χ2v) is 4.57. The molecule has 2 aromatic carbocycles. The number of nitro benzene ring substituents is 1. The Bertz CT molecular complexity index is 681. The van der Waals surface area contributed by atoms with Gasteiger partial charge in [0.05, 0.1) is 11.5 Å². The molecule has 6 nitrogen and oxygen atoms in total. The lowest BCUT2D eigenvalue weighted by molar-refractivity contribution is -0.384. The molecule has 2 N–H and O–H groups in total. The number of aryl methyl sites for hydroxylation is 1. The van der Waals surface area contributed by atoms with Gasteiger partial charge in [-0.2, -0.15) is 0 Å². The fourth-order valence-electron chi connectivity index (χ4n) is 1.83. The summed E-state index contributed by atoms with van der Waals surface area (Å²) in [5.74, 6) is -0.358. The molecule has 0 radical (unpaired) electrons. The van der Waals surface area contributed by atoms with E-state index in [1.807, 2.05) is 6.92 Å². The minimum Gasteiger partial charge on any atom is -0.392 e. The van der Waals surface area contributed by atoms with E-state index in [2.05, 4.69) is 5.32 Å². The number of amides is 1. The lowest BCUT2D eigenvalue weighted by Crippen LogP contribution is -2.13. The van der Waals surface area contributed by atoms with Crippen molar-refractivity contribution in [3.05, 3.63) is 69.3 Å². The second-order valence-electron chi connectivity index (χ2n) is 4.57. The molecule has 108 valence electrons. The Balaban J connectivity index is 2.19. The highest BCUT2D eigenvalue weighted by Crippen LogP contribution is 2.19. The van der Waals surface area contributed by atoms with E-state index < -0.39 is 4.92 Å². The van der Waals surface area contributed by atoms with Crippen LogP contribution in [0, 0.1) is 17.0 Å². The zero-order valence-electron chi connectivity index (χ0n) is 11.4. The van der Waals surface area contributed by atoms with Gasteiger partial charge in [0, 0.05) is 23.4 Å². The van der Waals surface area contributed by atoms with Crippen molar-refractivity contribution >= 4 is 17.3 Å². The summed E-state index contributed by atoms with van der Waals surface area (Å²) in [5, 5.41) is 22.4. The Labute approximate surface area is 121 Å². The average molecular weight is 286 g/mol. The molecule has 0 fully saturated rings. The molecule has 0 aliphatic rings. The molecule has 0 bridgehead atoms. The number of hydrogen-bond donors (Lipinski definition) is 2. The predicted molar refractivity (Wildman–Crippen MR) is 78.2 cm³/mol. The zero-order valence-corrected chi connectivity index (χ0v) is 11.4. The summed E-state index contributed by atoms with van der Waals surface area (Å²) in [4.78, 5) is 22.2. The molecule has 0 unspecified atom stereocenters. The van der Waals surface area contributed by atoms with Crippen molar-refractivity contribution in [1.29, 1.82) is 0 Å². The number of nitro groups is 1. The third-order valence-corrected chi connectivity index (χ3v) is 3.07. The lowest BCUT2D eigenvalue weighted by atomic mass is 10.1. The topological polar surface area (TPSA) is 92.5 Å². The van der Waals surface area contributed by atoms with Crippen LogP contribution in [0.5, 0.6) is 0 Å². The van der Waals surface area contributed by atoms with Crippen LogP contribution < -0.4 is 5.32 Å². The lowest BCUT2D eigenvalue weighted by Gasteiger charge is -2.10. The maximum absolute atomic E-state index is 12.1. The van der Waals surface area contributed by atoms with Crippen LogP contribution in [0.25, 0.3) is 0 Å². The van der Waals surface area contributed by atoms with Gasteiger partial charge in [0.2, 0.25) is 0 Å². The molecule has 1 amide bonds. The summed E-state index contributed by atoms with van der Waals surface area (Å²) in [7, 11) is 0. The van der Waals surface area contributed by atoms with Crippen molar-refractivity contribution in [3.63, 3.8) is 0 Å². The van der Waals surface area contributed by atoms with Gasteiger partial charge in [0.1, 0.15) is 0 Å². The number of nitrogens with zero attached hydrogens (tertiary/aromatic N) is 1. The molecule has 6 heteroatoms. The van der Waals surface area contributed by atoms with Crippen molar-refractivity contribution in [2.45, 2.75) is 13.5 Å². The molecule has 0 aliphatic carbocycles. The Morgan fingerprint density at radius 1 is 1.24 bits per heavy atom. The minimum atomic E-state index is -0.517. The third kappa shape index (κ3) is 3.43. The summed E-state index contributed by atoms with van der Waals surface area (Å²) in [6, 6.07) is 10.6. The van der Waals surface area contributed by atoms with Gasteiger partial charge in [-0.25, -0.2) is 0 Å². The fourth-order valence-corrected chi connectivity index (χ4v) is 1.83. The first-order valence-corrected chi connectivity index (χ1v) is 6.27. The highest BCUT2D eigenvalue weighted by Gasteiger charge is 2.11. The highest BCUT2D eigenvalue weighted by molar-refractivity contribution is 6.04. The second kappa shape index (κ2) is 6.15. The van der Waals surface area contributed by atoms with E-state index in [1.165, 1.54) is 24.3 Å². The van der Waals surface area contributed by atoms with Crippen molar-refractivity contribution in [1.82, 2.24) is 0 Å². The largest absolute Gasteiger partial charge is 0.392 e. The van der Waals surface area contributed by atoms with Gasteiger partial charge in [0.25, 0.3) is 11.6 Å². The summed E-state index contributed by atoms with van der Waals surface area (Å²) < 4.78 is 0. The van der Waals surface area contributed by atoms with Crippen molar-refractivity contribution in [2.24, 2.45) is 0 Å². The number of aliphatic hydroxyl groups excluding tert-OH is 1. The predicted octanol–water partition coefficient (Wildman–Crippen LogP) is 2.65. The number of anilines is 1. The van der Waals surface area contributed by atoms with Gasteiger partial charge in [-0.05, 0) is 36.2 Å². The van der Waals surface area contributed by atoms with Gasteiger partial charge in [-0.3, -0.25) is 14.9 Å². The molecule has 0 saturated heterocycles. The molecule has 0 saturated carbocycles. The van der Waals surface area contributed by atoms with Crippen LogP contribution in [0.15, 0.2) is 42.5 Å². The van der Waals surface area contributed by atoms with Crippen LogP contribution >= 0.6 is 0 Å². The number of carbonyl (C=O) groups is 1. The van der Waals surface area contributed by atoms with Crippen LogP contribution in [-0.2, 0) is 6.61 Å². The van der Waals surface area contributed by atoms with E-state index in [1.54, 1.807) is 18.2 Å². The first-order valence-electron chi connectivity index (χ1n) is 6.27. The third-order valence-electron chi connectivity index (χ3n) is 3.07. The maximum atomic E-state index is 12.1. The zero-order chi connectivity index (χ0) is 15.4. The van der Waals surface area contributed by atoms with E-state index in [9.17, 15) is 14.9 Å². The number of carbonyl (C=O) groups excluding carboxylic acids is 1. The molecular weight excluding hydrogens is 272 g/mol. The number of hydrogen-bond acceptors (Lipinski definition) is 4. The summed E-state index contributed by atoms with van der Waals surface area (Å²) in [5.41, 5.74) is 2.42. The number of rotatable bonds is 4.